The van der Waals surface area contributed by atoms with Gasteiger partial charge >= 0.3 is 0 Å². The zero-order valence-corrected chi connectivity index (χ0v) is 17.1. The van der Waals surface area contributed by atoms with Crippen molar-refractivity contribution in [2.45, 2.75) is 46.6 Å². The van der Waals surface area contributed by atoms with Crippen molar-refractivity contribution in [1.29, 1.82) is 0 Å². The molecule has 5 nitrogen and oxygen atoms in total. The van der Waals surface area contributed by atoms with Crippen molar-refractivity contribution in [2.24, 2.45) is 16.8 Å². The Hall–Kier alpha value is -0.790. The van der Waals surface area contributed by atoms with Crippen LogP contribution < -0.4 is 5.32 Å². The van der Waals surface area contributed by atoms with Crippen LogP contribution >= 0.6 is 24.0 Å². The minimum absolute atomic E-state index is 0. The third-order valence-electron chi connectivity index (χ3n) is 4.12. The summed E-state index contributed by atoms with van der Waals surface area (Å²) in [6.45, 7) is 11.9. The van der Waals surface area contributed by atoms with Gasteiger partial charge in [-0.25, -0.2) is 4.98 Å². The van der Waals surface area contributed by atoms with E-state index in [2.05, 4.69) is 40.5 Å². The molecule has 1 N–H and O–H groups in total. The van der Waals surface area contributed by atoms with E-state index in [-0.39, 0.29) is 24.0 Å². The molecule has 0 amide bonds. The van der Waals surface area contributed by atoms with Crippen LogP contribution in [0.3, 0.4) is 0 Å². The second kappa shape index (κ2) is 10.9. The molecule has 1 atom stereocenters. The maximum absolute atomic E-state index is 4.81. The lowest BCUT2D eigenvalue weighted by atomic mass is 9.97. The maximum Gasteiger partial charge on any atom is 0.193 e. The van der Waals surface area contributed by atoms with Gasteiger partial charge in [0.25, 0.3) is 0 Å². The molecule has 1 unspecified atom stereocenters. The molecule has 0 radical (unpaired) electrons. The van der Waals surface area contributed by atoms with Crippen molar-refractivity contribution >= 4 is 29.9 Å². The molecule has 0 bridgehead atoms. The summed E-state index contributed by atoms with van der Waals surface area (Å²) in [6.07, 6.45) is 9.38. The number of aryl methyl sites for hydroxylation is 1. The van der Waals surface area contributed by atoms with Crippen LogP contribution in [0.4, 0.5) is 0 Å². The van der Waals surface area contributed by atoms with E-state index in [1.807, 2.05) is 18.7 Å². The zero-order chi connectivity index (χ0) is 15.8. The molecular weight excluding hydrogens is 401 g/mol. The van der Waals surface area contributed by atoms with E-state index in [9.17, 15) is 0 Å². The van der Waals surface area contributed by atoms with Gasteiger partial charge in [0.2, 0.25) is 0 Å². The Labute approximate surface area is 158 Å². The SMILES string of the molecule is CCNC(=NCCCn1ccnc1)N1CCC(CC(C)C)C1.I. The first kappa shape index (κ1) is 20.3. The standard InChI is InChI=1S/C17H31N5.HI/c1-4-19-17(20-7-5-9-21-11-8-18-14-21)22-10-6-16(13-22)12-15(2)3;/h8,11,14-16H,4-7,9-10,12-13H2,1-3H3,(H,19,20);1H. The number of hydrogen-bond acceptors (Lipinski definition) is 2. The molecule has 6 heteroatoms. The highest BCUT2D eigenvalue weighted by molar-refractivity contribution is 14.0. The quantitative estimate of drug-likeness (QED) is 0.311. The van der Waals surface area contributed by atoms with E-state index < -0.39 is 0 Å². The Morgan fingerprint density at radius 2 is 2.26 bits per heavy atom. The molecule has 1 saturated heterocycles. The molecular formula is C17H32IN5. The van der Waals surface area contributed by atoms with Gasteiger partial charge < -0.3 is 14.8 Å². The number of guanidine groups is 1. The second-order valence-electron chi connectivity index (χ2n) is 6.62. The van der Waals surface area contributed by atoms with E-state index in [0.717, 1.165) is 56.9 Å². The average Bonchev–Trinajstić information content (AvgIpc) is 3.13. The van der Waals surface area contributed by atoms with Gasteiger partial charge in [-0.15, -0.1) is 24.0 Å². The van der Waals surface area contributed by atoms with Crippen LogP contribution in [0, 0.1) is 11.8 Å². The van der Waals surface area contributed by atoms with E-state index >= 15 is 0 Å². The van der Waals surface area contributed by atoms with E-state index in [1.165, 1.54) is 12.8 Å². The van der Waals surface area contributed by atoms with Crippen molar-refractivity contribution in [3.63, 3.8) is 0 Å². The topological polar surface area (TPSA) is 45.5 Å². The summed E-state index contributed by atoms with van der Waals surface area (Å²) in [4.78, 5) is 11.3. The van der Waals surface area contributed by atoms with Crippen molar-refractivity contribution in [3.8, 4) is 0 Å². The third kappa shape index (κ3) is 7.10. The fourth-order valence-corrected chi connectivity index (χ4v) is 3.17. The minimum Gasteiger partial charge on any atom is -0.357 e. The Balaban J connectivity index is 0.00000264. The molecule has 1 aliphatic rings. The van der Waals surface area contributed by atoms with E-state index in [4.69, 9.17) is 4.99 Å². The highest BCUT2D eigenvalue weighted by atomic mass is 127. The molecule has 2 rings (SSSR count). The fourth-order valence-electron chi connectivity index (χ4n) is 3.17. The van der Waals surface area contributed by atoms with Gasteiger partial charge in [-0.2, -0.15) is 0 Å². The first-order valence-corrected chi connectivity index (χ1v) is 8.68. The Morgan fingerprint density at radius 1 is 1.43 bits per heavy atom. The highest BCUT2D eigenvalue weighted by Gasteiger charge is 2.25. The Morgan fingerprint density at radius 3 is 2.91 bits per heavy atom. The number of hydrogen-bond donors (Lipinski definition) is 1. The number of likely N-dealkylation sites (tertiary alicyclic amines) is 1. The lowest BCUT2D eigenvalue weighted by molar-refractivity contribution is 0.403. The Bertz CT molecular complexity index is 444. The van der Waals surface area contributed by atoms with Crippen molar-refractivity contribution in [1.82, 2.24) is 19.8 Å². The van der Waals surface area contributed by atoms with Gasteiger partial charge in [-0.3, -0.25) is 4.99 Å². The molecule has 1 aliphatic heterocycles. The second-order valence-corrected chi connectivity index (χ2v) is 6.62. The van der Waals surface area contributed by atoms with Crippen LogP contribution in [0.15, 0.2) is 23.7 Å². The zero-order valence-electron chi connectivity index (χ0n) is 14.7. The van der Waals surface area contributed by atoms with Gasteiger partial charge in [0, 0.05) is 45.1 Å². The summed E-state index contributed by atoms with van der Waals surface area (Å²) in [6, 6.07) is 0. The molecule has 23 heavy (non-hydrogen) atoms. The summed E-state index contributed by atoms with van der Waals surface area (Å²) in [5.74, 6) is 2.72. The summed E-state index contributed by atoms with van der Waals surface area (Å²) >= 11 is 0. The Kier molecular flexibility index (Phi) is 9.59. The fraction of sp³-hybridized carbons (Fsp3) is 0.765. The van der Waals surface area contributed by atoms with E-state index in [1.54, 1.807) is 0 Å². The minimum atomic E-state index is 0. The lowest BCUT2D eigenvalue weighted by Crippen LogP contribution is -2.40. The predicted molar refractivity (Wildman–Crippen MR) is 107 cm³/mol. The third-order valence-corrected chi connectivity index (χ3v) is 4.12. The number of aliphatic imine (C=N–C) groups is 1. The van der Waals surface area contributed by atoms with Gasteiger partial charge in [-0.05, 0) is 38.0 Å². The van der Waals surface area contributed by atoms with Crippen LogP contribution in [-0.2, 0) is 6.54 Å². The monoisotopic (exact) mass is 433 g/mol. The van der Waals surface area contributed by atoms with Crippen LogP contribution in [0.1, 0.15) is 40.0 Å². The molecule has 1 aromatic rings. The number of aromatic nitrogens is 2. The first-order valence-electron chi connectivity index (χ1n) is 8.68. The van der Waals surface area contributed by atoms with E-state index in [0.29, 0.717) is 0 Å². The number of rotatable bonds is 7. The molecule has 132 valence electrons. The number of nitrogens with one attached hydrogen (secondary N) is 1. The van der Waals surface area contributed by atoms with Gasteiger partial charge in [0.15, 0.2) is 5.96 Å². The molecule has 0 aromatic carbocycles. The van der Waals surface area contributed by atoms with Crippen molar-refractivity contribution < 1.29 is 0 Å². The largest absolute Gasteiger partial charge is 0.357 e. The van der Waals surface area contributed by atoms with Gasteiger partial charge in [-0.1, -0.05) is 13.8 Å². The normalized spacial score (nSPS) is 18.3. The summed E-state index contributed by atoms with van der Waals surface area (Å²) < 4.78 is 2.11. The number of nitrogens with zero attached hydrogens (tertiary/aromatic N) is 4. The molecule has 0 aliphatic carbocycles. The smallest absolute Gasteiger partial charge is 0.193 e. The molecule has 1 fully saturated rings. The van der Waals surface area contributed by atoms with Crippen LogP contribution in [0.2, 0.25) is 0 Å². The van der Waals surface area contributed by atoms with Crippen LogP contribution in [-0.4, -0.2) is 46.6 Å². The van der Waals surface area contributed by atoms with Crippen LogP contribution in [0.5, 0.6) is 0 Å². The van der Waals surface area contributed by atoms with Crippen molar-refractivity contribution in [2.75, 3.05) is 26.2 Å². The molecule has 1 aromatic heterocycles. The van der Waals surface area contributed by atoms with Gasteiger partial charge in [0.1, 0.15) is 0 Å². The first-order chi connectivity index (χ1) is 10.7. The van der Waals surface area contributed by atoms with Crippen LogP contribution in [0.25, 0.3) is 0 Å². The summed E-state index contributed by atoms with van der Waals surface area (Å²) in [7, 11) is 0. The summed E-state index contributed by atoms with van der Waals surface area (Å²) in [5, 5.41) is 3.45. The molecule has 0 saturated carbocycles. The molecule has 0 spiro atoms. The average molecular weight is 433 g/mol. The summed E-state index contributed by atoms with van der Waals surface area (Å²) in [5.41, 5.74) is 0. The highest BCUT2D eigenvalue weighted by Crippen LogP contribution is 2.23. The molecule has 2 heterocycles. The maximum atomic E-state index is 4.81. The van der Waals surface area contributed by atoms with Gasteiger partial charge in [0.05, 0.1) is 6.33 Å². The van der Waals surface area contributed by atoms with Crippen molar-refractivity contribution in [3.05, 3.63) is 18.7 Å². The predicted octanol–water partition coefficient (Wildman–Crippen LogP) is 3.22. The number of halogens is 1. The lowest BCUT2D eigenvalue weighted by Gasteiger charge is -2.22. The number of imidazole rings is 1.